The van der Waals surface area contributed by atoms with E-state index in [2.05, 4.69) is 43.0 Å². The highest BCUT2D eigenvalue weighted by Gasteiger charge is 2.06. The predicted molar refractivity (Wildman–Crippen MR) is 77.7 cm³/mol. The summed E-state index contributed by atoms with van der Waals surface area (Å²) in [7, 11) is 1.92. The third kappa shape index (κ3) is 7.08. The van der Waals surface area contributed by atoms with Gasteiger partial charge in [0.2, 0.25) is 0 Å². The molecule has 0 saturated carbocycles. The molecular formula is C14H27N3. The van der Waals surface area contributed by atoms with Gasteiger partial charge in [-0.15, -0.1) is 0 Å². The van der Waals surface area contributed by atoms with Crippen molar-refractivity contribution < 1.29 is 0 Å². The minimum Gasteiger partial charge on any atom is -0.314 e. The lowest BCUT2D eigenvalue weighted by Gasteiger charge is -2.14. The quantitative estimate of drug-likeness (QED) is 0.503. The molecule has 0 heterocycles. The fourth-order valence-corrected chi connectivity index (χ4v) is 1.52. The largest absolute Gasteiger partial charge is 0.314 e. The summed E-state index contributed by atoms with van der Waals surface area (Å²) < 4.78 is 0. The Balaban J connectivity index is 4.36. The van der Waals surface area contributed by atoms with Crippen LogP contribution >= 0.6 is 0 Å². The fraction of sp³-hybridized carbons (Fsp3) is 0.643. The zero-order valence-electron chi connectivity index (χ0n) is 11.9. The molecule has 0 radical (unpaired) electrons. The summed E-state index contributed by atoms with van der Waals surface area (Å²) in [6, 6.07) is 0.530. The van der Waals surface area contributed by atoms with Crippen molar-refractivity contribution in [3.63, 3.8) is 0 Å². The third-order valence-electron chi connectivity index (χ3n) is 2.55. The SMILES string of the molecule is C=C/C(=C\C)[C@@H](/N=C(\C)CCNC(C)C)NC. The lowest BCUT2D eigenvalue weighted by molar-refractivity contribution is 0.597. The van der Waals surface area contributed by atoms with Gasteiger partial charge in [0.25, 0.3) is 0 Å². The average molecular weight is 237 g/mol. The normalized spacial score (nSPS) is 15.2. The molecule has 17 heavy (non-hydrogen) atoms. The Morgan fingerprint density at radius 3 is 2.47 bits per heavy atom. The van der Waals surface area contributed by atoms with Crippen LogP contribution in [0.15, 0.2) is 29.3 Å². The number of hydrogen-bond acceptors (Lipinski definition) is 3. The van der Waals surface area contributed by atoms with Crippen LogP contribution in [0, 0.1) is 0 Å². The Hall–Kier alpha value is -0.930. The number of nitrogens with one attached hydrogen (secondary N) is 2. The third-order valence-corrected chi connectivity index (χ3v) is 2.55. The number of aliphatic imine (C=N–C) groups is 1. The van der Waals surface area contributed by atoms with Crippen molar-refractivity contribution in [3.8, 4) is 0 Å². The van der Waals surface area contributed by atoms with Gasteiger partial charge in [0.1, 0.15) is 6.17 Å². The molecule has 0 aliphatic carbocycles. The van der Waals surface area contributed by atoms with Crippen molar-refractivity contribution in [2.75, 3.05) is 13.6 Å². The topological polar surface area (TPSA) is 36.4 Å². The Bertz CT molecular complexity index is 277. The first-order valence-corrected chi connectivity index (χ1v) is 6.27. The van der Waals surface area contributed by atoms with E-state index in [1.54, 1.807) is 0 Å². The van der Waals surface area contributed by atoms with Crippen molar-refractivity contribution in [2.24, 2.45) is 4.99 Å². The van der Waals surface area contributed by atoms with Crippen molar-refractivity contribution in [1.29, 1.82) is 0 Å². The van der Waals surface area contributed by atoms with Gasteiger partial charge < -0.3 is 5.32 Å². The summed E-state index contributed by atoms with van der Waals surface area (Å²) in [6.07, 6.45) is 4.89. The maximum absolute atomic E-state index is 4.66. The molecule has 98 valence electrons. The number of nitrogens with zero attached hydrogens (tertiary/aromatic N) is 1. The average Bonchev–Trinajstić information content (AvgIpc) is 2.28. The molecule has 0 aromatic rings. The number of allylic oxidation sites excluding steroid dienone is 1. The highest BCUT2D eigenvalue weighted by molar-refractivity contribution is 5.82. The summed E-state index contributed by atoms with van der Waals surface area (Å²) in [5.41, 5.74) is 2.27. The van der Waals surface area contributed by atoms with Gasteiger partial charge in [-0.05, 0) is 32.9 Å². The maximum atomic E-state index is 4.66. The zero-order valence-corrected chi connectivity index (χ0v) is 11.9. The first-order valence-electron chi connectivity index (χ1n) is 6.27. The lowest BCUT2D eigenvalue weighted by Crippen LogP contribution is -2.28. The van der Waals surface area contributed by atoms with Gasteiger partial charge in [-0.2, -0.15) is 0 Å². The molecular weight excluding hydrogens is 210 g/mol. The molecule has 0 rings (SSSR count). The van der Waals surface area contributed by atoms with Gasteiger partial charge in [0.15, 0.2) is 0 Å². The van der Waals surface area contributed by atoms with Gasteiger partial charge >= 0.3 is 0 Å². The number of hydrogen-bond donors (Lipinski definition) is 2. The highest BCUT2D eigenvalue weighted by Crippen LogP contribution is 2.05. The van der Waals surface area contributed by atoms with E-state index in [9.17, 15) is 0 Å². The molecule has 3 heteroatoms. The number of rotatable bonds is 8. The van der Waals surface area contributed by atoms with E-state index < -0.39 is 0 Å². The minimum atomic E-state index is 0.0246. The zero-order chi connectivity index (χ0) is 13.3. The lowest BCUT2D eigenvalue weighted by atomic mass is 10.2. The summed E-state index contributed by atoms with van der Waals surface area (Å²) in [5.74, 6) is 0. The second kappa shape index (κ2) is 9.14. The minimum absolute atomic E-state index is 0.0246. The Morgan fingerprint density at radius 1 is 1.41 bits per heavy atom. The van der Waals surface area contributed by atoms with Crippen LogP contribution < -0.4 is 10.6 Å². The van der Waals surface area contributed by atoms with Crippen LogP contribution in [0.2, 0.25) is 0 Å². The Labute approximate surface area is 106 Å². The van der Waals surface area contributed by atoms with E-state index >= 15 is 0 Å². The first-order chi connectivity index (χ1) is 8.04. The maximum Gasteiger partial charge on any atom is 0.124 e. The van der Waals surface area contributed by atoms with Crippen molar-refractivity contribution in [2.45, 2.75) is 46.3 Å². The van der Waals surface area contributed by atoms with Crippen molar-refractivity contribution >= 4 is 5.71 Å². The van der Waals surface area contributed by atoms with E-state index in [4.69, 9.17) is 0 Å². The molecule has 0 aliphatic rings. The monoisotopic (exact) mass is 237 g/mol. The second-order valence-corrected chi connectivity index (χ2v) is 4.41. The summed E-state index contributed by atoms with van der Waals surface area (Å²) in [6.45, 7) is 13.2. The molecule has 0 aromatic carbocycles. The van der Waals surface area contributed by atoms with E-state index in [1.807, 2.05) is 26.1 Å². The van der Waals surface area contributed by atoms with Crippen LogP contribution in [-0.4, -0.2) is 31.5 Å². The van der Waals surface area contributed by atoms with Crippen LogP contribution in [0.3, 0.4) is 0 Å². The van der Waals surface area contributed by atoms with Gasteiger partial charge in [-0.3, -0.25) is 10.3 Å². The Kier molecular flexibility index (Phi) is 8.64. The molecule has 0 unspecified atom stereocenters. The van der Waals surface area contributed by atoms with E-state index in [0.717, 1.165) is 24.3 Å². The van der Waals surface area contributed by atoms with Gasteiger partial charge in [-0.1, -0.05) is 32.6 Å². The van der Waals surface area contributed by atoms with Crippen LogP contribution in [0.5, 0.6) is 0 Å². The predicted octanol–water partition coefficient (Wildman–Crippen LogP) is 2.51. The van der Waals surface area contributed by atoms with E-state index in [-0.39, 0.29) is 6.17 Å². The van der Waals surface area contributed by atoms with Crippen LogP contribution in [0.25, 0.3) is 0 Å². The molecule has 0 saturated heterocycles. The smallest absolute Gasteiger partial charge is 0.124 e. The molecule has 0 aromatic heterocycles. The molecule has 1 atom stereocenters. The molecule has 0 amide bonds. The molecule has 0 aliphatic heterocycles. The summed E-state index contributed by atoms with van der Waals surface area (Å²) in [5, 5.41) is 6.58. The van der Waals surface area contributed by atoms with Gasteiger partial charge in [0.05, 0.1) is 0 Å². The Morgan fingerprint density at radius 2 is 2.06 bits per heavy atom. The van der Waals surface area contributed by atoms with Crippen molar-refractivity contribution in [1.82, 2.24) is 10.6 Å². The van der Waals surface area contributed by atoms with Crippen LogP contribution in [-0.2, 0) is 0 Å². The summed E-state index contributed by atoms with van der Waals surface area (Å²) >= 11 is 0. The first kappa shape index (κ1) is 16.1. The fourth-order valence-electron chi connectivity index (χ4n) is 1.52. The summed E-state index contributed by atoms with van der Waals surface area (Å²) in [4.78, 5) is 4.66. The molecule has 2 N–H and O–H groups in total. The standard InChI is InChI=1S/C14H27N3/c1-7-13(8-2)14(15-6)17-12(5)9-10-16-11(3)4/h7-8,11,14-16H,1,9-10H2,2-6H3/b13-8+,17-12+/t14-/m1/s1. The van der Waals surface area contributed by atoms with Gasteiger partial charge in [-0.25, -0.2) is 0 Å². The van der Waals surface area contributed by atoms with E-state index in [0.29, 0.717) is 6.04 Å². The molecule has 0 spiro atoms. The van der Waals surface area contributed by atoms with Crippen LogP contribution in [0.4, 0.5) is 0 Å². The highest BCUT2D eigenvalue weighted by atomic mass is 15.0. The van der Waals surface area contributed by atoms with Crippen LogP contribution in [0.1, 0.15) is 34.1 Å². The molecule has 3 nitrogen and oxygen atoms in total. The van der Waals surface area contributed by atoms with Gasteiger partial charge in [0, 0.05) is 18.3 Å². The van der Waals surface area contributed by atoms with E-state index in [1.165, 1.54) is 0 Å². The molecule has 0 bridgehead atoms. The van der Waals surface area contributed by atoms with Crippen molar-refractivity contribution in [3.05, 3.63) is 24.3 Å². The number of likely N-dealkylation sites (N-methyl/N-ethyl adjacent to an activating group) is 1. The molecule has 0 fully saturated rings. The second-order valence-electron chi connectivity index (χ2n) is 4.41.